The Morgan fingerprint density at radius 1 is 1.35 bits per heavy atom. The van der Waals surface area contributed by atoms with Gasteiger partial charge in [-0.15, -0.1) is 0 Å². The zero-order valence-electron chi connectivity index (χ0n) is 10.1. The standard InChI is InChI=1S/C13H19NO2S/c1-11-4-2-3-5-12(11)6-8-14-13-7-9-17(15,16)10-13/h2-5,13-14H,6-10H2,1H3. The molecule has 94 valence electrons. The molecule has 1 saturated heterocycles. The van der Waals surface area contributed by atoms with Crippen molar-refractivity contribution in [3.8, 4) is 0 Å². The van der Waals surface area contributed by atoms with Gasteiger partial charge in [-0.2, -0.15) is 0 Å². The lowest BCUT2D eigenvalue weighted by Gasteiger charge is -2.11. The Morgan fingerprint density at radius 2 is 2.12 bits per heavy atom. The highest BCUT2D eigenvalue weighted by Crippen LogP contribution is 2.12. The number of rotatable bonds is 4. The molecule has 0 bridgehead atoms. The first-order valence-electron chi connectivity index (χ1n) is 6.05. The molecular weight excluding hydrogens is 234 g/mol. The lowest BCUT2D eigenvalue weighted by Crippen LogP contribution is -2.31. The summed E-state index contributed by atoms with van der Waals surface area (Å²) in [4.78, 5) is 0. The Morgan fingerprint density at radius 3 is 2.76 bits per heavy atom. The van der Waals surface area contributed by atoms with E-state index in [0.29, 0.717) is 11.5 Å². The molecule has 0 spiro atoms. The van der Waals surface area contributed by atoms with Gasteiger partial charge in [0.25, 0.3) is 0 Å². The van der Waals surface area contributed by atoms with Crippen molar-refractivity contribution >= 4 is 9.84 Å². The topological polar surface area (TPSA) is 46.2 Å². The van der Waals surface area contributed by atoms with Crippen molar-refractivity contribution in [3.63, 3.8) is 0 Å². The Kier molecular flexibility index (Phi) is 3.84. The van der Waals surface area contributed by atoms with E-state index >= 15 is 0 Å². The van der Waals surface area contributed by atoms with E-state index in [-0.39, 0.29) is 6.04 Å². The van der Waals surface area contributed by atoms with E-state index in [2.05, 4.69) is 24.4 Å². The number of nitrogens with one attached hydrogen (secondary N) is 1. The molecule has 2 rings (SSSR count). The van der Waals surface area contributed by atoms with Gasteiger partial charge in [0.1, 0.15) is 0 Å². The molecule has 1 fully saturated rings. The van der Waals surface area contributed by atoms with E-state index in [1.165, 1.54) is 11.1 Å². The summed E-state index contributed by atoms with van der Waals surface area (Å²) in [5.74, 6) is 0.649. The molecule has 4 heteroatoms. The molecule has 1 aliphatic heterocycles. The van der Waals surface area contributed by atoms with Gasteiger partial charge in [-0.25, -0.2) is 8.42 Å². The van der Waals surface area contributed by atoms with Gasteiger partial charge >= 0.3 is 0 Å². The maximum atomic E-state index is 11.3. The molecule has 1 N–H and O–H groups in total. The lowest BCUT2D eigenvalue weighted by atomic mass is 10.1. The van der Waals surface area contributed by atoms with Crippen LogP contribution in [0.15, 0.2) is 24.3 Å². The number of benzene rings is 1. The van der Waals surface area contributed by atoms with Crippen LogP contribution in [0, 0.1) is 6.92 Å². The summed E-state index contributed by atoms with van der Waals surface area (Å²) in [6, 6.07) is 8.47. The van der Waals surface area contributed by atoms with Crippen LogP contribution in [0.25, 0.3) is 0 Å². The summed E-state index contributed by atoms with van der Waals surface area (Å²) in [5, 5.41) is 3.33. The van der Waals surface area contributed by atoms with E-state index in [4.69, 9.17) is 0 Å². The molecule has 0 aliphatic carbocycles. The smallest absolute Gasteiger partial charge is 0.151 e. The minimum atomic E-state index is -2.76. The summed E-state index contributed by atoms with van der Waals surface area (Å²) in [6.07, 6.45) is 1.72. The molecular formula is C13H19NO2S. The van der Waals surface area contributed by atoms with Gasteiger partial charge < -0.3 is 5.32 Å². The maximum Gasteiger partial charge on any atom is 0.151 e. The number of aryl methyl sites for hydroxylation is 1. The molecule has 1 aliphatic rings. The first-order valence-corrected chi connectivity index (χ1v) is 7.87. The highest BCUT2D eigenvalue weighted by molar-refractivity contribution is 7.91. The lowest BCUT2D eigenvalue weighted by molar-refractivity contribution is 0.556. The number of hydrogen-bond donors (Lipinski definition) is 1. The van der Waals surface area contributed by atoms with Crippen LogP contribution in [-0.2, 0) is 16.3 Å². The van der Waals surface area contributed by atoms with Gasteiger partial charge in [0.15, 0.2) is 9.84 Å². The quantitative estimate of drug-likeness (QED) is 0.880. The first kappa shape index (κ1) is 12.6. The van der Waals surface area contributed by atoms with Crippen LogP contribution in [0.2, 0.25) is 0 Å². The highest BCUT2D eigenvalue weighted by Gasteiger charge is 2.26. The van der Waals surface area contributed by atoms with Crippen molar-refractivity contribution < 1.29 is 8.42 Å². The molecule has 0 aromatic heterocycles. The van der Waals surface area contributed by atoms with Crippen molar-refractivity contribution in [3.05, 3.63) is 35.4 Å². The van der Waals surface area contributed by atoms with Gasteiger partial charge in [0.05, 0.1) is 11.5 Å². The molecule has 0 radical (unpaired) electrons. The molecule has 1 heterocycles. The average molecular weight is 253 g/mol. The third-order valence-corrected chi connectivity index (χ3v) is 5.09. The summed E-state index contributed by atoms with van der Waals surface area (Å²) < 4.78 is 22.6. The summed E-state index contributed by atoms with van der Waals surface area (Å²) >= 11 is 0. The molecule has 1 atom stereocenters. The fraction of sp³-hybridized carbons (Fsp3) is 0.538. The zero-order valence-corrected chi connectivity index (χ0v) is 11.0. The second-order valence-electron chi connectivity index (χ2n) is 4.73. The number of hydrogen-bond acceptors (Lipinski definition) is 3. The van der Waals surface area contributed by atoms with Crippen LogP contribution in [0.1, 0.15) is 17.5 Å². The average Bonchev–Trinajstić information content (AvgIpc) is 2.61. The van der Waals surface area contributed by atoms with Gasteiger partial charge in [-0.1, -0.05) is 24.3 Å². The second kappa shape index (κ2) is 5.19. The maximum absolute atomic E-state index is 11.3. The molecule has 1 aromatic rings. The van der Waals surface area contributed by atoms with E-state index in [1.807, 2.05) is 12.1 Å². The number of sulfone groups is 1. The van der Waals surface area contributed by atoms with Crippen molar-refractivity contribution in [2.24, 2.45) is 0 Å². The van der Waals surface area contributed by atoms with E-state index in [0.717, 1.165) is 19.4 Å². The van der Waals surface area contributed by atoms with Crippen LogP contribution in [0.4, 0.5) is 0 Å². The highest BCUT2D eigenvalue weighted by atomic mass is 32.2. The Hall–Kier alpha value is -0.870. The summed E-state index contributed by atoms with van der Waals surface area (Å²) in [5.41, 5.74) is 2.63. The van der Waals surface area contributed by atoms with E-state index in [1.54, 1.807) is 0 Å². The van der Waals surface area contributed by atoms with Crippen molar-refractivity contribution in [1.29, 1.82) is 0 Å². The summed E-state index contributed by atoms with van der Waals surface area (Å²) in [6.45, 7) is 2.96. The molecule has 0 amide bonds. The van der Waals surface area contributed by atoms with Crippen molar-refractivity contribution in [2.75, 3.05) is 18.1 Å². The molecule has 17 heavy (non-hydrogen) atoms. The molecule has 1 aromatic carbocycles. The largest absolute Gasteiger partial charge is 0.313 e. The molecule has 0 saturated carbocycles. The van der Waals surface area contributed by atoms with Crippen LogP contribution >= 0.6 is 0 Å². The van der Waals surface area contributed by atoms with Gasteiger partial charge in [0, 0.05) is 6.04 Å². The van der Waals surface area contributed by atoms with Gasteiger partial charge in [-0.05, 0) is 37.4 Å². The second-order valence-corrected chi connectivity index (χ2v) is 6.96. The fourth-order valence-electron chi connectivity index (χ4n) is 2.26. The third kappa shape index (κ3) is 3.54. The Labute approximate surface area is 103 Å². The van der Waals surface area contributed by atoms with E-state index < -0.39 is 9.84 Å². The first-order chi connectivity index (χ1) is 8.07. The molecule has 1 unspecified atom stereocenters. The minimum absolute atomic E-state index is 0.156. The van der Waals surface area contributed by atoms with Crippen molar-refractivity contribution in [1.82, 2.24) is 5.32 Å². The third-order valence-electron chi connectivity index (χ3n) is 3.32. The summed E-state index contributed by atoms with van der Waals surface area (Å²) in [7, 11) is -2.76. The zero-order chi connectivity index (χ0) is 12.3. The van der Waals surface area contributed by atoms with Crippen molar-refractivity contribution in [2.45, 2.75) is 25.8 Å². The monoisotopic (exact) mass is 253 g/mol. The fourth-order valence-corrected chi connectivity index (χ4v) is 3.97. The predicted octanol–water partition coefficient (Wildman–Crippen LogP) is 1.31. The Bertz CT molecular complexity index is 482. The SMILES string of the molecule is Cc1ccccc1CCNC1CCS(=O)(=O)C1. The van der Waals surface area contributed by atoms with Crippen LogP contribution < -0.4 is 5.32 Å². The predicted molar refractivity (Wildman–Crippen MR) is 69.9 cm³/mol. The normalized spacial score (nSPS) is 22.8. The Balaban J connectivity index is 1.79. The molecule has 3 nitrogen and oxygen atoms in total. The van der Waals surface area contributed by atoms with E-state index in [9.17, 15) is 8.42 Å². The van der Waals surface area contributed by atoms with Crippen LogP contribution in [-0.4, -0.2) is 32.5 Å². The van der Waals surface area contributed by atoms with Gasteiger partial charge in [-0.3, -0.25) is 0 Å². The van der Waals surface area contributed by atoms with Gasteiger partial charge in [0.2, 0.25) is 0 Å². The minimum Gasteiger partial charge on any atom is -0.313 e. The van der Waals surface area contributed by atoms with Crippen LogP contribution in [0.3, 0.4) is 0 Å². The van der Waals surface area contributed by atoms with Crippen LogP contribution in [0.5, 0.6) is 0 Å².